The van der Waals surface area contributed by atoms with E-state index < -0.39 is 12.0 Å². The number of piperazine rings is 1. The van der Waals surface area contributed by atoms with Crippen LogP contribution in [0.4, 0.5) is 19.4 Å². The maximum atomic E-state index is 14.8. The zero-order chi connectivity index (χ0) is 29.9. The van der Waals surface area contributed by atoms with Gasteiger partial charge >= 0.3 is 6.09 Å². The number of pyridine rings is 1. The third-order valence-corrected chi connectivity index (χ3v) is 7.05. The highest BCUT2D eigenvalue weighted by molar-refractivity contribution is 5.83. The SMILES string of the molecule is CC(C)(C)OC(=O)N1CCN(c2ccc(-c3cc4c(cc3F)nc3n4CCC3)cn2)CC1.CC(F)Oc1ccccc1. The van der Waals surface area contributed by atoms with Crippen molar-refractivity contribution in [1.82, 2.24) is 19.4 Å². The molecular formula is C32H37F2N5O3. The third-order valence-electron chi connectivity index (χ3n) is 7.05. The topological polar surface area (TPSA) is 72.7 Å². The van der Waals surface area contributed by atoms with Crippen LogP contribution in [-0.2, 0) is 17.7 Å². The Morgan fingerprint density at radius 3 is 2.38 bits per heavy atom. The normalized spacial score (nSPS) is 15.6. The number of fused-ring (bicyclic) bond motifs is 3. The van der Waals surface area contributed by atoms with Gasteiger partial charge in [0.15, 0.2) is 0 Å². The number of carbonyl (C=O) groups is 1. The van der Waals surface area contributed by atoms with Crippen LogP contribution in [0.5, 0.6) is 5.75 Å². The molecule has 0 bridgehead atoms. The molecule has 8 nitrogen and oxygen atoms in total. The molecule has 6 rings (SSSR count). The maximum absolute atomic E-state index is 14.8. The van der Waals surface area contributed by atoms with E-state index in [9.17, 15) is 13.6 Å². The zero-order valence-electron chi connectivity index (χ0n) is 24.5. The summed E-state index contributed by atoms with van der Waals surface area (Å²) in [6.07, 6.45) is 2.24. The van der Waals surface area contributed by atoms with E-state index in [4.69, 9.17) is 9.47 Å². The second-order valence-corrected chi connectivity index (χ2v) is 11.4. The fourth-order valence-electron chi connectivity index (χ4n) is 5.12. The average molecular weight is 578 g/mol. The van der Waals surface area contributed by atoms with E-state index in [1.807, 2.05) is 45.0 Å². The molecule has 2 aromatic carbocycles. The number of carbonyl (C=O) groups excluding carboxylic acids is 1. The molecule has 2 aliphatic heterocycles. The van der Waals surface area contributed by atoms with Crippen molar-refractivity contribution in [2.24, 2.45) is 0 Å². The summed E-state index contributed by atoms with van der Waals surface area (Å²) in [6, 6.07) is 16.1. The minimum absolute atomic E-state index is 0.280. The summed E-state index contributed by atoms with van der Waals surface area (Å²) in [5.74, 6) is 2.15. The fourth-order valence-corrected chi connectivity index (χ4v) is 5.12. The molecule has 2 aliphatic rings. The van der Waals surface area contributed by atoms with E-state index >= 15 is 0 Å². The Hall–Kier alpha value is -4.21. The minimum Gasteiger partial charge on any atom is -0.461 e. The summed E-state index contributed by atoms with van der Waals surface area (Å²) in [6.45, 7) is 10.4. The van der Waals surface area contributed by atoms with Gasteiger partial charge in [-0.15, -0.1) is 0 Å². The van der Waals surface area contributed by atoms with Gasteiger partial charge in [0.1, 0.15) is 28.8 Å². The predicted molar refractivity (Wildman–Crippen MR) is 159 cm³/mol. The predicted octanol–water partition coefficient (Wildman–Crippen LogP) is 6.62. The van der Waals surface area contributed by atoms with Crippen LogP contribution in [0, 0.1) is 5.82 Å². The van der Waals surface area contributed by atoms with Gasteiger partial charge in [-0.05, 0) is 57.5 Å². The van der Waals surface area contributed by atoms with Gasteiger partial charge in [0.2, 0.25) is 6.36 Å². The number of benzene rings is 2. The molecule has 0 radical (unpaired) electrons. The largest absolute Gasteiger partial charge is 0.461 e. The van der Waals surface area contributed by atoms with Crippen LogP contribution in [0.2, 0.25) is 0 Å². The number of para-hydroxylation sites is 1. The lowest BCUT2D eigenvalue weighted by Crippen LogP contribution is -2.50. The summed E-state index contributed by atoms with van der Waals surface area (Å²) >= 11 is 0. The number of hydrogen-bond donors (Lipinski definition) is 0. The first-order valence-corrected chi connectivity index (χ1v) is 14.3. The van der Waals surface area contributed by atoms with Gasteiger partial charge in [-0.1, -0.05) is 18.2 Å². The van der Waals surface area contributed by atoms with E-state index in [2.05, 4.69) is 19.4 Å². The number of aryl methyl sites for hydroxylation is 2. The lowest BCUT2D eigenvalue weighted by atomic mass is 10.1. The van der Waals surface area contributed by atoms with Crippen LogP contribution in [-0.4, -0.2) is 63.7 Å². The van der Waals surface area contributed by atoms with E-state index in [-0.39, 0.29) is 11.9 Å². The Kier molecular flexibility index (Phi) is 8.61. The van der Waals surface area contributed by atoms with Crippen molar-refractivity contribution in [3.05, 3.63) is 72.4 Å². The molecular weight excluding hydrogens is 540 g/mol. The molecule has 1 unspecified atom stereocenters. The van der Waals surface area contributed by atoms with E-state index in [1.54, 1.807) is 35.4 Å². The maximum Gasteiger partial charge on any atom is 0.410 e. The number of ether oxygens (including phenoxy) is 2. The second-order valence-electron chi connectivity index (χ2n) is 11.4. The lowest BCUT2D eigenvalue weighted by Gasteiger charge is -2.36. The summed E-state index contributed by atoms with van der Waals surface area (Å²) in [4.78, 5) is 25.3. The number of nitrogens with zero attached hydrogens (tertiary/aromatic N) is 5. The minimum atomic E-state index is -1.23. The number of hydrogen-bond acceptors (Lipinski definition) is 6. The first-order chi connectivity index (χ1) is 20.1. The van der Waals surface area contributed by atoms with Crippen LogP contribution >= 0.6 is 0 Å². The second kappa shape index (κ2) is 12.3. The van der Waals surface area contributed by atoms with Crippen molar-refractivity contribution >= 4 is 22.9 Å². The number of imidazole rings is 1. The van der Waals surface area contributed by atoms with E-state index in [1.165, 1.54) is 13.0 Å². The first kappa shape index (κ1) is 29.3. The van der Waals surface area contributed by atoms with Gasteiger partial charge in [0.05, 0.1) is 11.0 Å². The van der Waals surface area contributed by atoms with Gasteiger partial charge in [0.25, 0.3) is 0 Å². The highest BCUT2D eigenvalue weighted by Crippen LogP contribution is 2.31. The molecule has 1 saturated heterocycles. The Labute approximate surface area is 244 Å². The summed E-state index contributed by atoms with van der Waals surface area (Å²) in [5.41, 5.74) is 2.49. The molecule has 1 fully saturated rings. The summed E-state index contributed by atoms with van der Waals surface area (Å²) < 4.78 is 39.4. The van der Waals surface area contributed by atoms with Gasteiger partial charge in [-0.2, -0.15) is 0 Å². The number of aromatic nitrogens is 3. The van der Waals surface area contributed by atoms with Crippen molar-refractivity contribution in [3.8, 4) is 16.9 Å². The molecule has 10 heteroatoms. The van der Waals surface area contributed by atoms with Crippen LogP contribution in [0.15, 0.2) is 60.8 Å². The van der Waals surface area contributed by atoms with Crippen molar-refractivity contribution in [2.75, 3.05) is 31.1 Å². The molecule has 42 heavy (non-hydrogen) atoms. The standard InChI is InChI=1S/C24H28FN5O2.C8H9FO/c1-24(2,3)32-23(31)29-11-9-28(10-12-29)21-7-6-16(15-26-21)17-13-20-19(14-18(17)25)27-22-5-4-8-30(20)22;1-7(9)10-8-5-3-2-4-6-8/h6-7,13-15H,4-5,8-12H2,1-3H3;2-7H,1H3. The Balaban J connectivity index is 0.000000300. The van der Waals surface area contributed by atoms with E-state index in [0.29, 0.717) is 43.0 Å². The highest BCUT2D eigenvalue weighted by atomic mass is 19.1. The van der Waals surface area contributed by atoms with Crippen molar-refractivity contribution in [3.63, 3.8) is 0 Å². The van der Waals surface area contributed by atoms with Crippen LogP contribution in [0.25, 0.3) is 22.2 Å². The van der Waals surface area contributed by atoms with Crippen molar-refractivity contribution in [2.45, 2.75) is 59.0 Å². The molecule has 0 aliphatic carbocycles. The van der Waals surface area contributed by atoms with Gasteiger partial charge in [-0.3, -0.25) is 0 Å². The number of amides is 1. The molecule has 4 aromatic rings. The third kappa shape index (κ3) is 6.98. The van der Waals surface area contributed by atoms with Crippen LogP contribution in [0.1, 0.15) is 39.9 Å². The molecule has 222 valence electrons. The molecule has 1 amide bonds. The van der Waals surface area contributed by atoms with Crippen molar-refractivity contribution in [1.29, 1.82) is 0 Å². The zero-order valence-corrected chi connectivity index (χ0v) is 24.5. The molecule has 4 heterocycles. The summed E-state index contributed by atoms with van der Waals surface area (Å²) in [5, 5.41) is 0. The molecule has 0 saturated carbocycles. The summed E-state index contributed by atoms with van der Waals surface area (Å²) in [7, 11) is 0. The Bertz CT molecular complexity index is 1510. The molecule has 0 N–H and O–H groups in total. The van der Waals surface area contributed by atoms with Gasteiger partial charge < -0.3 is 23.8 Å². The number of alkyl halides is 1. The fraction of sp³-hybridized carbons (Fsp3) is 0.406. The first-order valence-electron chi connectivity index (χ1n) is 14.3. The molecule has 2 aromatic heterocycles. The Morgan fingerprint density at radius 1 is 1.00 bits per heavy atom. The Morgan fingerprint density at radius 2 is 1.74 bits per heavy atom. The smallest absolute Gasteiger partial charge is 0.410 e. The molecule has 1 atom stereocenters. The molecule has 0 spiro atoms. The van der Waals surface area contributed by atoms with Crippen LogP contribution < -0.4 is 9.64 Å². The average Bonchev–Trinajstić information content (AvgIpc) is 3.54. The number of halogens is 2. The quantitative estimate of drug-likeness (QED) is 0.271. The highest BCUT2D eigenvalue weighted by Gasteiger charge is 2.26. The monoisotopic (exact) mass is 577 g/mol. The number of rotatable bonds is 4. The van der Waals surface area contributed by atoms with E-state index in [0.717, 1.165) is 42.1 Å². The van der Waals surface area contributed by atoms with Crippen LogP contribution in [0.3, 0.4) is 0 Å². The number of anilines is 1. The van der Waals surface area contributed by atoms with Crippen molar-refractivity contribution < 1.29 is 23.0 Å². The lowest BCUT2D eigenvalue weighted by molar-refractivity contribution is 0.0240. The van der Waals surface area contributed by atoms with Gasteiger partial charge in [-0.25, -0.2) is 23.5 Å². The van der Waals surface area contributed by atoms with Gasteiger partial charge in [0, 0.05) is 69.5 Å².